The van der Waals surface area contributed by atoms with Gasteiger partial charge in [-0.15, -0.1) is 0 Å². The van der Waals surface area contributed by atoms with Crippen molar-refractivity contribution in [3.63, 3.8) is 0 Å². The smallest absolute Gasteiger partial charge is 0.420 e. The summed E-state index contributed by atoms with van der Waals surface area (Å²) >= 11 is 1.58. The lowest BCUT2D eigenvalue weighted by atomic mass is 10.2. The highest BCUT2D eigenvalue weighted by molar-refractivity contribution is 14.1. The molecule has 7 nitrogen and oxygen atoms in total. The number of phenols is 2. The molecule has 0 spiro atoms. The summed E-state index contributed by atoms with van der Waals surface area (Å²) in [6.45, 7) is -0.169. The molecule has 0 atom stereocenters. The second-order valence-corrected chi connectivity index (χ2v) is 6.37. The first-order chi connectivity index (χ1) is 11.8. The minimum absolute atomic E-state index is 0.00903. The van der Waals surface area contributed by atoms with Crippen LogP contribution in [0.25, 0.3) is 11.1 Å². The summed E-state index contributed by atoms with van der Waals surface area (Å²) in [5, 5.41) is 19.3. The minimum Gasteiger partial charge on any atom is -0.505 e. The molecule has 1 aromatic heterocycles. The Bertz CT molecular complexity index is 1030. The van der Waals surface area contributed by atoms with Gasteiger partial charge in [-0.1, -0.05) is 6.07 Å². The topological polar surface area (TPSA) is 102 Å². The number of ether oxygens (including phenoxy) is 1. The molecule has 0 saturated heterocycles. The molecule has 1 heterocycles. The maximum Gasteiger partial charge on any atom is 0.420 e. The molecule has 0 fully saturated rings. The fourth-order valence-corrected chi connectivity index (χ4v) is 2.48. The zero-order chi connectivity index (χ0) is 18.1. The summed E-state index contributed by atoms with van der Waals surface area (Å²) < 4.78 is 24.6. The molecule has 9 heteroatoms. The molecule has 0 aliphatic carbocycles. The van der Waals surface area contributed by atoms with E-state index in [4.69, 9.17) is 9.15 Å². The molecule has 2 N–H and O–H groups in total. The fraction of sp³-hybridized carbons (Fsp3) is 0.125. The maximum atomic E-state index is 13.6. The molecule has 0 unspecified atom stereocenters. The van der Waals surface area contributed by atoms with Gasteiger partial charge in [0, 0.05) is 34.7 Å². The Morgan fingerprint density at radius 3 is 2.68 bits per heavy atom. The number of carbonyl (C=O) groups is 1. The van der Waals surface area contributed by atoms with Crippen LogP contribution < -0.4 is 10.5 Å². The predicted octanol–water partition coefficient (Wildman–Crippen LogP) is 2.53. The number of aromatic hydroxyl groups is 2. The summed E-state index contributed by atoms with van der Waals surface area (Å²) in [6, 6.07) is 6.45. The van der Waals surface area contributed by atoms with Crippen molar-refractivity contribution in [3.05, 3.63) is 52.3 Å². The highest BCUT2D eigenvalue weighted by Crippen LogP contribution is 2.28. The van der Waals surface area contributed by atoms with Crippen LogP contribution in [0.3, 0.4) is 0 Å². The van der Waals surface area contributed by atoms with Crippen molar-refractivity contribution in [2.24, 2.45) is 0 Å². The van der Waals surface area contributed by atoms with Crippen LogP contribution in [0.15, 0.2) is 39.5 Å². The van der Waals surface area contributed by atoms with Crippen LogP contribution >= 0.6 is 22.6 Å². The van der Waals surface area contributed by atoms with Gasteiger partial charge < -0.3 is 19.4 Å². The number of carbonyl (C=O) groups excluding carboxylic acids is 1. The maximum absolute atomic E-state index is 13.6. The van der Waals surface area contributed by atoms with Crippen molar-refractivity contribution in [1.29, 1.82) is 0 Å². The first kappa shape index (κ1) is 17.3. The lowest BCUT2D eigenvalue weighted by Crippen LogP contribution is -2.15. The molecule has 0 aliphatic rings. The van der Waals surface area contributed by atoms with Crippen molar-refractivity contribution in [2.45, 2.75) is 6.54 Å². The normalized spacial score (nSPS) is 11.0. The number of fused-ring (bicyclic) bond motifs is 1. The van der Waals surface area contributed by atoms with Gasteiger partial charge in [-0.05, 0) is 17.7 Å². The average molecular weight is 459 g/mol. The van der Waals surface area contributed by atoms with Crippen LogP contribution in [0, 0.1) is 5.82 Å². The third-order valence-corrected chi connectivity index (χ3v) is 3.75. The van der Waals surface area contributed by atoms with Gasteiger partial charge in [0.05, 0.1) is 12.1 Å². The van der Waals surface area contributed by atoms with E-state index in [0.717, 1.165) is 12.1 Å². The molecule has 130 valence electrons. The third kappa shape index (κ3) is 3.60. The highest BCUT2D eigenvalue weighted by Gasteiger charge is 2.14. The minimum atomic E-state index is -0.878. The molecule has 3 aromatic rings. The first-order valence-corrected chi connectivity index (χ1v) is 8.08. The number of oxazole rings is 1. The molecule has 0 amide bonds. The van der Waals surface area contributed by atoms with Crippen LogP contribution in [0.2, 0.25) is 0 Å². The van der Waals surface area contributed by atoms with E-state index in [9.17, 15) is 24.2 Å². The highest BCUT2D eigenvalue weighted by atomic mass is 127. The average Bonchev–Trinajstić information content (AvgIpc) is 2.82. The second-order valence-electron chi connectivity index (χ2n) is 5.17. The molecule has 0 saturated carbocycles. The van der Waals surface area contributed by atoms with Crippen LogP contribution in [0.4, 0.5) is 4.39 Å². The van der Waals surface area contributed by atoms with Crippen molar-refractivity contribution in [3.8, 4) is 17.2 Å². The van der Waals surface area contributed by atoms with Gasteiger partial charge in [-0.25, -0.2) is 9.18 Å². The van der Waals surface area contributed by atoms with Crippen LogP contribution in [0.5, 0.6) is 17.2 Å². The lowest BCUT2D eigenvalue weighted by molar-refractivity contribution is -0.111. The fourth-order valence-electron chi connectivity index (χ4n) is 2.32. The Hall–Kier alpha value is -2.56. The van der Waals surface area contributed by atoms with Gasteiger partial charge in [0.1, 0.15) is 0 Å². The van der Waals surface area contributed by atoms with Gasteiger partial charge in [0.25, 0.3) is 0 Å². The van der Waals surface area contributed by atoms with Crippen LogP contribution in [-0.2, 0) is 11.3 Å². The Labute approximate surface area is 153 Å². The molecule has 2 aromatic carbocycles. The van der Waals surface area contributed by atoms with E-state index in [1.165, 1.54) is 16.7 Å². The SMILES string of the molecule is O=C(I)COc1ccc(Cn2c(=O)oc3cc(O)c(F)cc32)cc1O. The summed E-state index contributed by atoms with van der Waals surface area (Å²) in [5.41, 5.74) is 0.758. The zero-order valence-corrected chi connectivity index (χ0v) is 14.7. The molecular weight excluding hydrogens is 448 g/mol. The number of hydrogen-bond acceptors (Lipinski definition) is 6. The predicted molar refractivity (Wildman–Crippen MR) is 93.8 cm³/mol. The molecule has 3 rings (SSSR count). The van der Waals surface area contributed by atoms with Gasteiger partial charge in [0.2, 0.25) is 3.79 Å². The second kappa shape index (κ2) is 6.75. The number of hydrogen-bond donors (Lipinski definition) is 2. The number of benzene rings is 2. The molecular formula is C16H11FINO6. The Balaban J connectivity index is 1.92. The third-order valence-electron chi connectivity index (χ3n) is 3.44. The van der Waals surface area contributed by atoms with E-state index in [-0.39, 0.29) is 39.5 Å². The Kier molecular flexibility index (Phi) is 4.66. The van der Waals surface area contributed by atoms with Gasteiger partial charge in [0.15, 0.2) is 35.3 Å². The van der Waals surface area contributed by atoms with Gasteiger partial charge in [-0.3, -0.25) is 9.36 Å². The summed E-state index contributed by atoms with van der Waals surface area (Å²) in [4.78, 5) is 22.9. The largest absolute Gasteiger partial charge is 0.505 e. The summed E-state index contributed by atoms with van der Waals surface area (Å²) in [5.74, 6) is -2.28. The number of halogens is 2. The van der Waals surface area contributed by atoms with Crippen molar-refractivity contribution >= 4 is 37.5 Å². The molecule has 0 bridgehead atoms. The van der Waals surface area contributed by atoms with Gasteiger partial charge in [-0.2, -0.15) is 0 Å². The lowest BCUT2D eigenvalue weighted by Gasteiger charge is -2.08. The van der Waals surface area contributed by atoms with E-state index in [1.54, 1.807) is 28.7 Å². The van der Waals surface area contributed by atoms with E-state index >= 15 is 0 Å². The quantitative estimate of drug-likeness (QED) is 0.450. The van der Waals surface area contributed by atoms with Crippen LogP contribution in [-0.4, -0.2) is 25.2 Å². The Morgan fingerprint density at radius 2 is 2.00 bits per heavy atom. The van der Waals surface area contributed by atoms with E-state index in [0.29, 0.717) is 5.56 Å². The first-order valence-electron chi connectivity index (χ1n) is 7.00. The van der Waals surface area contributed by atoms with Crippen molar-refractivity contribution in [2.75, 3.05) is 6.61 Å². The van der Waals surface area contributed by atoms with E-state index in [1.807, 2.05) is 0 Å². The molecule has 25 heavy (non-hydrogen) atoms. The molecule has 0 radical (unpaired) electrons. The van der Waals surface area contributed by atoms with Crippen molar-refractivity contribution < 1.29 is 28.6 Å². The van der Waals surface area contributed by atoms with Crippen LogP contribution in [0.1, 0.15) is 5.56 Å². The number of aromatic nitrogens is 1. The summed E-state index contributed by atoms with van der Waals surface area (Å²) in [6.07, 6.45) is 0. The number of rotatable bonds is 5. The molecule has 0 aliphatic heterocycles. The summed E-state index contributed by atoms with van der Waals surface area (Å²) in [7, 11) is 0. The van der Waals surface area contributed by atoms with E-state index in [2.05, 4.69) is 0 Å². The monoisotopic (exact) mass is 459 g/mol. The van der Waals surface area contributed by atoms with Crippen molar-refractivity contribution in [1.82, 2.24) is 4.57 Å². The number of phenolic OH excluding ortho intramolecular Hbond substituents is 2. The Morgan fingerprint density at radius 1 is 1.24 bits per heavy atom. The number of nitrogens with zero attached hydrogens (tertiary/aromatic N) is 1. The zero-order valence-electron chi connectivity index (χ0n) is 12.5. The standard InChI is InChI=1S/C16H11FINO6/c17-9-4-10-14(5-11(9)20)25-16(23)19(10)6-8-1-2-13(12(21)3-8)24-7-15(18)22/h1-5,20-21H,6-7H2. The van der Waals surface area contributed by atoms with Gasteiger partial charge >= 0.3 is 5.76 Å². The van der Waals surface area contributed by atoms with E-state index < -0.39 is 17.3 Å².